The second kappa shape index (κ2) is 9.24. The summed E-state index contributed by atoms with van der Waals surface area (Å²) in [6.45, 7) is 2.68. The van der Waals surface area contributed by atoms with Gasteiger partial charge in [-0.25, -0.2) is 4.39 Å². The van der Waals surface area contributed by atoms with Gasteiger partial charge >= 0.3 is 0 Å². The standard InChI is InChI=1S/C18H17FN6O3S/c1-2-9-24-17(12-5-7-20-8-6-12)22-23-18(24)29-11-16(26)21-15-10-13(25(27)28)3-4-14(15)19/h3-8,10H,2,9,11H2,1H3,(H,21,26). The lowest BCUT2D eigenvalue weighted by molar-refractivity contribution is -0.384. The van der Waals surface area contributed by atoms with Crippen molar-refractivity contribution < 1.29 is 14.1 Å². The van der Waals surface area contributed by atoms with Gasteiger partial charge in [0.25, 0.3) is 5.69 Å². The summed E-state index contributed by atoms with van der Waals surface area (Å²) in [6.07, 6.45) is 4.16. The quantitative estimate of drug-likeness (QED) is 0.339. The van der Waals surface area contributed by atoms with Crippen LogP contribution in [0.25, 0.3) is 11.4 Å². The number of pyridine rings is 1. The van der Waals surface area contributed by atoms with Gasteiger partial charge in [-0.15, -0.1) is 10.2 Å². The molecular formula is C18H17FN6O3S. The van der Waals surface area contributed by atoms with Crippen LogP contribution < -0.4 is 5.32 Å². The maximum atomic E-state index is 13.8. The Morgan fingerprint density at radius 1 is 1.28 bits per heavy atom. The molecule has 0 fully saturated rings. The number of hydrogen-bond acceptors (Lipinski definition) is 7. The molecule has 0 saturated carbocycles. The summed E-state index contributed by atoms with van der Waals surface area (Å²) in [7, 11) is 0. The van der Waals surface area contributed by atoms with E-state index in [4.69, 9.17) is 0 Å². The van der Waals surface area contributed by atoms with Crippen LogP contribution in [0.15, 0.2) is 47.9 Å². The van der Waals surface area contributed by atoms with Crippen molar-refractivity contribution in [2.75, 3.05) is 11.1 Å². The van der Waals surface area contributed by atoms with Gasteiger partial charge < -0.3 is 9.88 Å². The average molecular weight is 416 g/mol. The van der Waals surface area contributed by atoms with E-state index in [-0.39, 0.29) is 17.1 Å². The molecule has 9 nitrogen and oxygen atoms in total. The molecule has 0 radical (unpaired) electrons. The summed E-state index contributed by atoms with van der Waals surface area (Å²) in [5.41, 5.74) is 0.312. The van der Waals surface area contributed by atoms with Crippen LogP contribution in [-0.4, -0.2) is 36.3 Å². The van der Waals surface area contributed by atoms with Crippen molar-refractivity contribution >= 4 is 29.0 Å². The van der Waals surface area contributed by atoms with Crippen molar-refractivity contribution in [2.24, 2.45) is 0 Å². The van der Waals surface area contributed by atoms with Gasteiger partial charge in [-0.2, -0.15) is 0 Å². The highest BCUT2D eigenvalue weighted by Crippen LogP contribution is 2.25. The second-order valence-electron chi connectivity index (χ2n) is 5.95. The Morgan fingerprint density at radius 3 is 2.72 bits per heavy atom. The van der Waals surface area contributed by atoms with Gasteiger partial charge in [0.2, 0.25) is 5.91 Å². The molecule has 0 saturated heterocycles. The van der Waals surface area contributed by atoms with Gasteiger partial charge in [-0.05, 0) is 24.6 Å². The van der Waals surface area contributed by atoms with E-state index in [0.29, 0.717) is 17.5 Å². The van der Waals surface area contributed by atoms with Gasteiger partial charge in [0, 0.05) is 36.6 Å². The number of rotatable bonds is 8. The largest absolute Gasteiger partial charge is 0.323 e. The summed E-state index contributed by atoms with van der Waals surface area (Å²) in [5, 5.41) is 22.1. The number of thioether (sulfide) groups is 1. The van der Waals surface area contributed by atoms with E-state index in [1.165, 1.54) is 0 Å². The smallest absolute Gasteiger partial charge is 0.271 e. The molecular weight excluding hydrogens is 399 g/mol. The number of nitrogens with one attached hydrogen (secondary N) is 1. The molecule has 0 unspecified atom stereocenters. The van der Waals surface area contributed by atoms with E-state index in [2.05, 4.69) is 20.5 Å². The minimum absolute atomic E-state index is 0.0552. The zero-order valence-corrected chi connectivity index (χ0v) is 16.2. The first kappa shape index (κ1) is 20.4. The summed E-state index contributed by atoms with van der Waals surface area (Å²) in [6, 6.07) is 6.61. The molecule has 0 spiro atoms. The number of carbonyl (C=O) groups excluding carboxylic acids is 1. The Morgan fingerprint density at radius 2 is 2.03 bits per heavy atom. The highest BCUT2D eigenvalue weighted by Gasteiger charge is 2.17. The Labute approximate surface area is 169 Å². The third-order valence-electron chi connectivity index (χ3n) is 3.87. The predicted octanol–water partition coefficient (Wildman–Crippen LogP) is 3.53. The maximum absolute atomic E-state index is 13.8. The number of nitro benzene ring substituents is 1. The van der Waals surface area contributed by atoms with E-state index in [0.717, 1.165) is 41.9 Å². The fourth-order valence-corrected chi connectivity index (χ4v) is 3.34. The van der Waals surface area contributed by atoms with Crippen molar-refractivity contribution in [3.8, 4) is 11.4 Å². The lowest BCUT2D eigenvalue weighted by Gasteiger charge is -2.09. The van der Waals surface area contributed by atoms with E-state index in [9.17, 15) is 19.3 Å². The van der Waals surface area contributed by atoms with E-state index < -0.39 is 16.6 Å². The highest BCUT2D eigenvalue weighted by atomic mass is 32.2. The molecule has 0 aliphatic carbocycles. The number of amides is 1. The number of halogens is 1. The summed E-state index contributed by atoms with van der Waals surface area (Å²) in [5.74, 6) is -0.642. The number of hydrogen-bond donors (Lipinski definition) is 1. The third kappa shape index (κ3) is 4.93. The zero-order chi connectivity index (χ0) is 20.8. The van der Waals surface area contributed by atoms with E-state index in [1.807, 2.05) is 23.6 Å². The molecule has 29 heavy (non-hydrogen) atoms. The van der Waals surface area contributed by atoms with Crippen molar-refractivity contribution in [1.82, 2.24) is 19.7 Å². The van der Waals surface area contributed by atoms with Crippen LogP contribution in [0.1, 0.15) is 13.3 Å². The minimum atomic E-state index is -0.747. The van der Waals surface area contributed by atoms with Crippen molar-refractivity contribution in [2.45, 2.75) is 25.0 Å². The Bertz CT molecular complexity index is 1030. The first-order valence-electron chi connectivity index (χ1n) is 8.69. The van der Waals surface area contributed by atoms with Crippen LogP contribution in [0.2, 0.25) is 0 Å². The molecule has 11 heteroatoms. The van der Waals surface area contributed by atoms with Crippen molar-refractivity contribution in [3.63, 3.8) is 0 Å². The van der Waals surface area contributed by atoms with Crippen LogP contribution in [0.3, 0.4) is 0 Å². The average Bonchev–Trinajstić information content (AvgIpc) is 3.11. The van der Waals surface area contributed by atoms with E-state index in [1.54, 1.807) is 12.4 Å². The molecule has 2 aromatic heterocycles. The monoisotopic (exact) mass is 416 g/mol. The number of carbonyl (C=O) groups is 1. The Hall–Kier alpha value is -3.34. The molecule has 0 bridgehead atoms. The van der Waals surface area contributed by atoms with Crippen molar-refractivity contribution in [3.05, 3.63) is 58.7 Å². The summed E-state index contributed by atoms with van der Waals surface area (Å²) in [4.78, 5) is 26.4. The van der Waals surface area contributed by atoms with Crippen LogP contribution in [0.5, 0.6) is 0 Å². The van der Waals surface area contributed by atoms with Gasteiger partial charge in [0.05, 0.1) is 16.4 Å². The number of nitro groups is 1. The molecule has 3 aromatic rings. The molecule has 0 atom stereocenters. The third-order valence-corrected chi connectivity index (χ3v) is 4.84. The highest BCUT2D eigenvalue weighted by molar-refractivity contribution is 7.99. The molecule has 1 amide bonds. The molecule has 1 aromatic carbocycles. The predicted molar refractivity (Wildman–Crippen MR) is 106 cm³/mol. The van der Waals surface area contributed by atoms with Gasteiger partial charge in [0.1, 0.15) is 5.82 Å². The number of anilines is 1. The molecule has 1 N–H and O–H groups in total. The maximum Gasteiger partial charge on any atom is 0.271 e. The lowest BCUT2D eigenvalue weighted by atomic mass is 10.2. The summed E-state index contributed by atoms with van der Waals surface area (Å²) < 4.78 is 15.7. The van der Waals surface area contributed by atoms with E-state index >= 15 is 0 Å². The fourth-order valence-electron chi connectivity index (χ4n) is 2.57. The number of aromatic nitrogens is 4. The van der Waals surface area contributed by atoms with Crippen LogP contribution >= 0.6 is 11.8 Å². The van der Waals surface area contributed by atoms with Crippen molar-refractivity contribution in [1.29, 1.82) is 0 Å². The molecule has 3 rings (SSSR count). The molecule has 0 aliphatic heterocycles. The first-order chi connectivity index (χ1) is 14.0. The molecule has 2 heterocycles. The molecule has 0 aliphatic rings. The Balaban J connectivity index is 1.71. The lowest BCUT2D eigenvalue weighted by Crippen LogP contribution is -2.16. The normalized spacial score (nSPS) is 10.7. The Kier molecular flexibility index (Phi) is 6.50. The van der Waals surface area contributed by atoms with Crippen LogP contribution in [-0.2, 0) is 11.3 Å². The number of nitrogens with zero attached hydrogens (tertiary/aromatic N) is 5. The minimum Gasteiger partial charge on any atom is -0.323 e. The topological polar surface area (TPSA) is 116 Å². The van der Waals surface area contributed by atoms with Gasteiger partial charge in [-0.1, -0.05) is 18.7 Å². The van der Waals surface area contributed by atoms with Crippen LogP contribution in [0, 0.1) is 15.9 Å². The van der Waals surface area contributed by atoms with Gasteiger partial charge in [0.15, 0.2) is 11.0 Å². The van der Waals surface area contributed by atoms with Gasteiger partial charge in [-0.3, -0.25) is 19.9 Å². The fraction of sp³-hybridized carbons (Fsp3) is 0.222. The summed E-state index contributed by atoms with van der Waals surface area (Å²) >= 11 is 1.15. The second-order valence-corrected chi connectivity index (χ2v) is 6.89. The first-order valence-corrected chi connectivity index (χ1v) is 9.68. The SMILES string of the molecule is CCCn1c(SCC(=O)Nc2cc([N+](=O)[O-])ccc2F)nnc1-c1ccncc1. The number of non-ortho nitro benzene ring substituents is 1. The molecule has 150 valence electrons. The zero-order valence-electron chi connectivity index (χ0n) is 15.4. The van der Waals surface area contributed by atoms with Crippen LogP contribution in [0.4, 0.5) is 15.8 Å². The number of benzene rings is 1.